The topological polar surface area (TPSA) is 72.4 Å². The number of nitrogens with zero attached hydrogens (tertiary/aromatic N) is 1. The maximum atomic E-state index is 12.6. The summed E-state index contributed by atoms with van der Waals surface area (Å²) in [6, 6.07) is 16.9. The Balaban J connectivity index is 1.72. The SMILES string of the molecule is COc1cccc(NC(=O)Nc2cccn(Cc3ccc(Cl)cc3)c2=O)c1. The van der Waals surface area contributed by atoms with Gasteiger partial charge in [0.2, 0.25) is 0 Å². The first kappa shape index (κ1) is 18.5. The molecule has 3 rings (SSSR count). The van der Waals surface area contributed by atoms with Crippen LogP contribution in [0.15, 0.2) is 71.7 Å². The lowest BCUT2D eigenvalue weighted by molar-refractivity contribution is 0.262. The molecule has 0 spiro atoms. The number of halogens is 1. The van der Waals surface area contributed by atoms with E-state index in [4.69, 9.17) is 16.3 Å². The minimum atomic E-state index is -0.510. The van der Waals surface area contributed by atoms with E-state index in [9.17, 15) is 9.59 Å². The summed E-state index contributed by atoms with van der Waals surface area (Å²) < 4.78 is 6.64. The first-order valence-corrected chi connectivity index (χ1v) is 8.59. The molecule has 0 saturated carbocycles. The number of urea groups is 1. The van der Waals surface area contributed by atoms with Crippen LogP contribution in [0.1, 0.15) is 5.56 Å². The van der Waals surface area contributed by atoms with Gasteiger partial charge in [-0.05, 0) is 42.0 Å². The van der Waals surface area contributed by atoms with E-state index in [1.165, 1.54) is 4.57 Å². The van der Waals surface area contributed by atoms with Crippen LogP contribution in [0.4, 0.5) is 16.2 Å². The standard InChI is InChI=1S/C20H18ClN3O3/c1-27-17-5-2-4-16(12-17)22-20(26)23-18-6-3-11-24(19(18)25)13-14-7-9-15(21)10-8-14/h2-12H,13H2,1H3,(H2,22,23,26). The fourth-order valence-electron chi connectivity index (χ4n) is 2.53. The monoisotopic (exact) mass is 383 g/mol. The Hall–Kier alpha value is -3.25. The Morgan fingerprint density at radius 3 is 2.59 bits per heavy atom. The zero-order valence-corrected chi connectivity index (χ0v) is 15.4. The van der Waals surface area contributed by atoms with E-state index in [1.54, 1.807) is 61.8 Å². The number of aromatic nitrogens is 1. The second-order valence-corrected chi connectivity index (χ2v) is 6.23. The average Bonchev–Trinajstić information content (AvgIpc) is 2.67. The number of pyridine rings is 1. The number of rotatable bonds is 5. The number of nitrogens with one attached hydrogen (secondary N) is 2. The number of benzene rings is 2. The molecule has 0 aliphatic rings. The second kappa shape index (κ2) is 8.42. The van der Waals surface area contributed by atoms with Gasteiger partial charge in [0.25, 0.3) is 5.56 Å². The molecular weight excluding hydrogens is 366 g/mol. The van der Waals surface area contributed by atoms with Crippen molar-refractivity contribution in [2.75, 3.05) is 17.7 Å². The number of ether oxygens (including phenoxy) is 1. The van der Waals surface area contributed by atoms with E-state index in [1.807, 2.05) is 12.1 Å². The lowest BCUT2D eigenvalue weighted by Gasteiger charge is -2.11. The molecule has 0 radical (unpaired) electrons. The second-order valence-electron chi connectivity index (χ2n) is 5.79. The predicted molar refractivity (Wildman–Crippen MR) is 107 cm³/mol. The number of amides is 2. The van der Waals surface area contributed by atoms with Crippen LogP contribution < -0.4 is 20.9 Å². The molecule has 7 heteroatoms. The third-order valence-corrected chi connectivity index (χ3v) is 4.11. The fourth-order valence-corrected chi connectivity index (χ4v) is 2.65. The zero-order valence-electron chi connectivity index (χ0n) is 14.6. The molecule has 2 amide bonds. The van der Waals surface area contributed by atoms with Gasteiger partial charge in [-0.2, -0.15) is 0 Å². The van der Waals surface area contributed by atoms with Gasteiger partial charge in [-0.1, -0.05) is 29.8 Å². The summed E-state index contributed by atoms with van der Waals surface area (Å²) in [7, 11) is 1.55. The minimum absolute atomic E-state index is 0.187. The number of hydrogen-bond acceptors (Lipinski definition) is 3. The summed E-state index contributed by atoms with van der Waals surface area (Å²) in [6.07, 6.45) is 1.67. The van der Waals surface area contributed by atoms with E-state index >= 15 is 0 Å². The summed E-state index contributed by atoms with van der Waals surface area (Å²) in [5.41, 5.74) is 1.38. The van der Waals surface area contributed by atoms with Gasteiger partial charge in [-0.3, -0.25) is 4.79 Å². The molecule has 2 aromatic carbocycles. The van der Waals surface area contributed by atoms with Crippen molar-refractivity contribution in [1.82, 2.24) is 4.57 Å². The Labute approximate surface area is 161 Å². The number of carbonyl (C=O) groups excluding carboxylic acids is 1. The van der Waals surface area contributed by atoms with Crippen molar-refractivity contribution in [3.63, 3.8) is 0 Å². The number of methoxy groups -OCH3 is 1. The molecule has 6 nitrogen and oxygen atoms in total. The van der Waals surface area contributed by atoms with Crippen molar-refractivity contribution < 1.29 is 9.53 Å². The van der Waals surface area contributed by atoms with Crippen molar-refractivity contribution in [2.24, 2.45) is 0 Å². The van der Waals surface area contributed by atoms with E-state index < -0.39 is 6.03 Å². The molecule has 1 aromatic heterocycles. The smallest absolute Gasteiger partial charge is 0.323 e. The molecule has 0 unspecified atom stereocenters. The normalized spacial score (nSPS) is 10.3. The Bertz CT molecular complexity index is 1000. The molecule has 2 N–H and O–H groups in total. The summed E-state index contributed by atoms with van der Waals surface area (Å²) in [4.78, 5) is 24.8. The fraction of sp³-hybridized carbons (Fsp3) is 0.100. The van der Waals surface area contributed by atoms with Crippen LogP contribution >= 0.6 is 11.6 Å². The molecule has 0 fully saturated rings. The van der Waals surface area contributed by atoms with Gasteiger partial charge in [-0.25, -0.2) is 4.79 Å². The largest absolute Gasteiger partial charge is 0.497 e. The van der Waals surface area contributed by atoms with Gasteiger partial charge in [0.05, 0.1) is 13.7 Å². The predicted octanol–water partition coefficient (Wildman–Crippen LogP) is 4.20. The van der Waals surface area contributed by atoms with Crippen LogP contribution in [-0.2, 0) is 6.54 Å². The van der Waals surface area contributed by atoms with Crippen LogP contribution in [0.25, 0.3) is 0 Å². The average molecular weight is 384 g/mol. The molecular formula is C20H18ClN3O3. The third kappa shape index (κ3) is 4.89. The number of anilines is 2. The van der Waals surface area contributed by atoms with Crippen LogP contribution in [-0.4, -0.2) is 17.7 Å². The highest BCUT2D eigenvalue weighted by atomic mass is 35.5. The van der Waals surface area contributed by atoms with Crippen LogP contribution in [0.2, 0.25) is 5.02 Å². The Morgan fingerprint density at radius 2 is 1.85 bits per heavy atom. The van der Waals surface area contributed by atoms with Gasteiger partial charge >= 0.3 is 6.03 Å². The molecule has 1 heterocycles. The maximum absolute atomic E-state index is 12.6. The summed E-state index contributed by atoms with van der Waals surface area (Å²) in [5.74, 6) is 0.623. The lowest BCUT2D eigenvalue weighted by atomic mass is 10.2. The van der Waals surface area contributed by atoms with Crippen LogP contribution in [0.5, 0.6) is 5.75 Å². The molecule has 0 saturated heterocycles. The molecule has 0 bridgehead atoms. The van der Waals surface area contributed by atoms with Crippen molar-refractivity contribution in [3.8, 4) is 5.75 Å². The van der Waals surface area contributed by atoms with Crippen LogP contribution in [0.3, 0.4) is 0 Å². The zero-order chi connectivity index (χ0) is 19.2. The Kier molecular flexibility index (Phi) is 5.78. The highest BCUT2D eigenvalue weighted by molar-refractivity contribution is 6.30. The molecule has 0 aliphatic carbocycles. The van der Waals surface area contributed by atoms with E-state index in [-0.39, 0.29) is 11.2 Å². The first-order valence-electron chi connectivity index (χ1n) is 8.21. The van der Waals surface area contributed by atoms with E-state index in [0.29, 0.717) is 23.0 Å². The molecule has 138 valence electrons. The number of carbonyl (C=O) groups is 1. The molecule has 3 aromatic rings. The van der Waals surface area contributed by atoms with Crippen molar-refractivity contribution in [2.45, 2.75) is 6.54 Å². The molecule has 0 aliphatic heterocycles. The molecule has 27 heavy (non-hydrogen) atoms. The van der Waals surface area contributed by atoms with Crippen molar-refractivity contribution in [3.05, 3.63) is 87.8 Å². The quantitative estimate of drug-likeness (QED) is 0.693. The van der Waals surface area contributed by atoms with Gasteiger partial charge in [0.15, 0.2) is 0 Å². The van der Waals surface area contributed by atoms with Crippen LogP contribution in [0, 0.1) is 0 Å². The highest BCUT2D eigenvalue weighted by Gasteiger charge is 2.09. The van der Waals surface area contributed by atoms with Crippen molar-refractivity contribution in [1.29, 1.82) is 0 Å². The number of hydrogen-bond donors (Lipinski definition) is 2. The lowest BCUT2D eigenvalue weighted by Crippen LogP contribution is -2.28. The van der Waals surface area contributed by atoms with Crippen molar-refractivity contribution >= 4 is 29.0 Å². The van der Waals surface area contributed by atoms with E-state index in [2.05, 4.69) is 10.6 Å². The van der Waals surface area contributed by atoms with Gasteiger partial charge < -0.3 is 19.9 Å². The minimum Gasteiger partial charge on any atom is -0.497 e. The Morgan fingerprint density at radius 1 is 1.07 bits per heavy atom. The summed E-state index contributed by atoms with van der Waals surface area (Å²) >= 11 is 5.88. The maximum Gasteiger partial charge on any atom is 0.323 e. The molecule has 0 atom stereocenters. The summed E-state index contributed by atoms with van der Waals surface area (Å²) in [5, 5.41) is 5.90. The van der Waals surface area contributed by atoms with Gasteiger partial charge in [0.1, 0.15) is 11.4 Å². The first-order chi connectivity index (χ1) is 13.0. The summed E-state index contributed by atoms with van der Waals surface area (Å²) in [6.45, 7) is 0.378. The van der Waals surface area contributed by atoms with E-state index in [0.717, 1.165) is 5.56 Å². The third-order valence-electron chi connectivity index (χ3n) is 3.86. The highest BCUT2D eigenvalue weighted by Crippen LogP contribution is 2.17. The van der Waals surface area contributed by atoms with Gasteiger partial charge in [0, 0.05) is 23.0 Å². The van der Waals surface area contributed by atoms with Gasteiger partial charge in [-0.15, -0.1) is 0 Å².